The summed E-state index contributed by atoms with van der Waals surface area (Å²) in [5.41, 5.74) is 0.0737. The van der Waals surface area contributed by atoms with E-state index in [2.05, 4.69) is 11.1 Å². The number of rotatable bonds is 2. The zero-order valence-electron chi connectivity index (χ0n) is 9.44. The van der Waals surface area contributed by atoms with Crippen molar-refractivity contribution < 1.29 is 5.11 Å². The first-order chi connectivity index (χ1) is 7.68. The van der Waals surface area contributed by atoms with Crippen molar-refractivity contribution in [3.8, 4) is 6.07 Å². The zero-order chi connectivity index (χ0) is 11.6. The molecule has 2 rings (SSSR count). The average Bonchev–Trinajstić information content (AvgIpc) is 2.76. The third kappa shape index (κ3) is 1.98. The van der Waals surface area contributed by atoms with Crippen molar-refractivity contribution in [1.82, 2.24) is 4.98 Å². The van der Waals surface area contributed by atoms with Gasteiger partial charge in [-0.05, 0) is 19.8 Å². The minimum absolute atomic E-state index is 0.598. The monoisotopic (exact) mass is 236 g/mol. The molecular weight excluding hydrogens is 220 g/mol. The van der Waals surface area contributed by atoms with Crippen molar-refractivity contribution in [2.75, 3.05) is 0 Å². The Balaban J connectivity index is 2.24. The lowest BCUT2D eigenvalue weighted by Crippen LogP contribution is -2.30. The predicted octanol–water partition coefficient (Wildman–Crippen LogP) is 2.96. The second-order valence-corrected chi connectivity index (χ2v) is 5.58. The lowest BCUT2D eigenvalue weighted by molar-refractivity contribution is 0.0331. The second-order valence-electron chi connectivity index (χ2n) is 4.52. The van der Waals surface area contributed by atoms with Crippen LogP contribution in [-0.4, -0.2) is 10.1 Å². The van der Waals surface area contributed by atoms with Crippen LogP contribution in [0.5, 0.6) is 0 Å². The van der Waals surface area contributed by atoms with Crippen LogP contribution in [0.2, 0.25) is 0 Å². The van der Waals surface area contributed by atoms with E-state index in [0.717, 1.165) is 30.7 Å². The van der Waals surface area contributed by atoms with Crippen LogP contribution in [0.1, 0.15) is 48.9 Å². The predicted molar refractivity (Wildman–Crippen MR) is 62.9 cm³/mol. The third-order valence-electron chi connectivity index (χ3n) is 3.41. The molecule has 1 fully saturated rings. The molecule has 3 nitrogen and oxygen atoms in total. The highest BCUT2D eigenvalue weighted by Crippen LogP contribution is 2.45. The van der Waals surface area contributed by atoms with E-state index in [1.807, 2.05) is 12.3 Å². The van der Waals surface area contributed by atoms with Gasteiger partial charge in [0.25, 0.3) is 0 Å². The van der Waals surface area contributed by atoms with Crippen LogP contribution in [0.25, 0.3) is 0 Å². The maximum atomic E-state index is 10.3. The molecule has 1 saturated carbocycles. The number of nitrogens with zero attached hydrogens (tertiary/aromatic N) is 2. The van der Waals surface area contributed by atoms with Gasteiger partial charge >= 0.3 is 0 Å². The van der Waals surface area contributed by atoms with Crippen LogP contribution in [0, 0.1) is 23.7 Å². The molecule has 0 aliphatic heterocycles. The minimum Gasteiger partial charge on any atom is -0.385 e. The summed E-state index contributed by atoms with van der Waals surface area (Å²) in [6.45, 7) is 1.92. The number of thiazole rings is 1. The average molecular weight is 236 g/mol. The maximum Gasteiger partial charge on any atom is 0.115 e. The topological polar surface area (TPSA) is 56.9 Å². The van der Waals surface area contributed by atoms with Gasteiger partial charge in [0.2, 0.25) is 0 Å². The Morgan fingerprint density at radius 3 is 2.69 bits per heavy atom. The van der Waals surface area contributed by atoms with Gasteiger partial charge in [-0.15, -0.1) is 11.3 Å². The summed E-state index contributed by atoms with van der Waals surface area (Å²) in [4.78, 5) is 4.30. The Morgan fingerprint density at radius 1 is 1.50 bits per heavy atom. The van der Waals surface area contributed by atoms with Gasteiger partial charge in [-0.25, -0.2) is 4.98 Å². The van der Waals surface area contributed by atoms with E-state index in [4.69, 9.17) is 0 Å². The van der Waals surface area contributed by atoms with Crippen LogP contribution in [0.15, 0.2) is 5.38 Å². The summed E-state index contributed by atoms with van der Waals surface area (Å²) < 4.78 is 0. The van der Waals surface area contributed by atoms with E-state index in [1.165, 1.54) is 17.8 Å². The molecule has 16 heavy (non-hydrogen) atoms. The normalized spacial score (nSPS) is 21.3. The molecule has 1 N–H and O–H groups in total. The molecule has 1 unspecified atom stereocenters. The summed E-state index contributed by atoms with van der Waals surface area (Å²) in [6, 6.07) is 2.34. The first-order valence-corrected chi connectivity index (χ1v) is 6.57. The number of nitriles is 1. The molecule has 0 saturated heterocycles. The maximum absolute atomic E-state index is 10.3. The van der Waals surface area contributed by atoms with Gasteiger partial charge < -0.3 is 5.11 Å². The van der Waals surface area contributed by atoms with Crippen molar-refractivity contribution >= 4 is 11.3 Å². The molecule has 1 aromatic rings. The number of aromatic nitrogens is 1. The molecule has 1 atom stereocenters. The van der Waals surface area contributed by atoms with Gasteiger partial charge in [-0.3, -0.25) is 0 Å². The number of hydrogen-bond donors (Lipinski definition) is 1. The summed E-state index contributed by atoms with van der Waals surface area (Å²) in [7, 11) is 0. The molecule has 0 spiro atoms. The molecule has 1 aliphatic carbocycles. The number of aryl methyl sites for hydroxylation is 1. The fourth-order valence-electron chi connectivity index (χ4n) is 2.42. The van der Waals surface area contributed by atoms with Gasteiger partial charge in [0, 0.05) is 5.38 Å². The van der Waals surface area contributed by atoms with E-state index in [-0.39, 0.29) is 0 Å². The molecule has 0 bridgehead atoms. The van der Waals surface area contributed by atoms with Gasteiger partial charge in [0.05, 0.1) is 22.2 Å². The Labute approximate surface area is 99.8 Å². The van der Waals surface area contributed by atoms with Crippen LogP contribution in [0.4, 0.5) is 0 Å². The standard InChI is InChI=1S/C12H16N2OS/c1-9-14-10(7-16-9)11(15)12(8-13)5-3-2-4-6-12/h7,11,15H,2-6H2,1H3. The number of aliphatic hydroxyl groups excluding tert-OH is 1. The van der Waals surface area contributed by atoms with Crippen LogP contribution < -0.4 is 0 Å². The number of hydrogen-bond acceptors (Lipinski definition) is 4. The zero-order valence-corrected chi connectivity index (χ0v) is 10.3. The van der Waals surface area contributed by atoms with Gasteiger partial charge in [0.15, 0.2) is 0 Å². The van der Waals surface area contributed by atoms with Crippen molar-refractivity contribution in [2.24, 2.45) is 5.41 Å². The van der Waals surface area contributed by atoms with Gasteiger partial charge in [-0.1, -0.05) is 19.3 Å². The smallest absolute Gasteiger partial charge is 0.115 e. The minimum atomic E-state index is -0.720. The van der Waals surface area contributed by atoms with Crippen molar-refractivity contribution in [3.05, 3.63) is 16.1 Å². The van der Waals surface area contributed by atoms with E-state index in [9.17, 15) is 10.4 Å². The van der Waals surface area contributed by atoms with Gasteiger partial charge in [-0.2, -0.15) is 5.26 Å². The summed E-state index contributed by atoms with van der Waals surface area (Å²) in [6.07, 6.45) is 4.11. The molecular formula is C12H16N2OS. The highest BCUT2D eigenvalue weighted by molar-refractivity contribution is 7.09. The second kappa shape index (κ2) is 4.52. The first-order valence-electron chi connectivity index (χ1n) is 5.69. The van der Waals surface area contributed by atoms with E-state index >= 15 is 0 Å². The molecule has 4 heteroatoms. The SMILES string of the molecule is Cc1nc(C(O)C2(C#N)CCCCC2)cs1. The molecule has 0 radical (unpaired) electrons. The lowest BCUT2D eigenvalue weighted by atomic mass is 9.70. The highest BCUT2D eigenvalue weighted by atomic mass is 32.1. The molecule has 1 heterocycles. The van der Waals surface area contributed by atoms with E-state index in [0.29, 0.717) is 5.69 Å². The molecule has 1 aromatic heterocycles. The van der Waals surface area contributed by atoms with E-state index in [1.54, 1.807) is 0 Å². The Bertz CT molecular complexity index is 401. The fraction of sp³-hybridized carbons (Fsp3) is 0.667. The third-order valence-corrected chi connectivity index (χ3v) is 4.20. The van der Waals surface area contributed by atoms with Crippen molar-refractivity contribution in [2.45, 2.75) is 45.1 Å². The summed E-state index contributed by atoms with van der Waals surface area (Å²) in [5.74, 6) is 0. The Kier molecular flexibility index (Phi) is 3.27. The quantitative estimate of drug-likeness (QED) is 0.858. The highest BCUT2D eigenvalue weighted by Gasteiger charge is 2.41. The Morgan fingerprint density at radius 2 is 2.19 bits per heavy atom. The summed E-state index contributed by atoms with van der Waals surface area (Å²) >= 11 is 1.53. The first kappa shape index (κ1) is 11.6. The van der Waals surface area contributed by atoms with Crippen molar-refractivity contribution in [1.29, 1.82) is 5.26 Å². The van der Waals surface area contributed by atoms with Crippen molar-refractivity contribution in [3.63, 3.8) is 0 Å². The number of aliphatic hydroxyl groups is 1. The Hall–Kier alpha value is -0.920. The molecule has 86 valence electrons. The fourth-order valence-corrected chi connectivity index (χ4v) is 3.05. The van der Waals surface area contributed by atoms with Crippen LogP contribution in [0.3, 0.4) is 0 Å². The molecule has 0 aromatic carbocycles. The summed E-state index contributed by atoms with van der Waals surface area (Å²) in [5, 5.41) is 22.5. The van der Waals surface area contributed by atoms with Crippen LogP contribution >= 0.6 is 11.3 Å². The van der Waals surface area contributed by atoms with Gasteiger partial charge in [0.1, 0.15) is 6.10 Å². The van der Waals surface area contributed by atoms with Crippen LogP contribution in [-0.2, 0) is 0 Å². The molecule has 0 amide bonds. The molecule has 1 aliphatic rings. The lowest BCUT2D eigenvalue weighted by Gasteiger charge is -2.34. The van der Waals surface area contributed by atoms with E-state index < -0.39 is 11.5 Å². The largest absolute Gasteiger partial charge is 0.385 e.